The molecule has 0 saturated carbocycles. The number of thiazole rings is 1. The molecule has 0 N–H and O–H groups in total. The van der Waals surface area contributed by atoms with Crippen LogP contribution < -0.4 is 4.74 Å². The van der Waals surface area contributed by atoms with E-state index in [1.54, 1.807) is 29.4 Å². The Morgan fingerprint density at radius 1 is 1.19 bits per heavy atom. The molecule has 0 saturated heterocycles. The van der Waals surface area contributed by atoms with Crippen molar-refractivity contribution in [3.05, 3.63) is 53.7 Å². The lowest BCUT2D eigenvalue weighted by molar-refractivity contribution is 0.340. The van der Waals surface area contributed by atoms with Crippen LogP contribution in [0.3, 0.4) is 0 Å². The minimum Gasteiger partial charge on any atom is -0.494 e. The molecule has 0 aliphatic carbocycles. The van der Waals surface area contributed by atoms with Crippen LogP contribution in [0.4, 0.5) is 0 Å². The fourth-order valence-electron chi connectivity index (χ4n) is 2.57. The largest absolute Gasteiger partial charge is 0.494 e. The van der Waals surface area contributed by atoms with Crippen molar-refractivity contribution in [2.24, 2.45) is 7.05 Å². The molecule has 8 heteroatoms. The molecule has 0 amide bonds. The summed E-state index contributed by atoms with van der Waals surface area (Å²) in [5, 5.41) is 12.4. The zero-order valence-electron chi connectivity index (χ0n) is 15.0. The van der Waals surface area contributed by atoms with Crippen molar-refractivity contribution in [3.8, 4) is 27.9 Å². The third-order valence-electron chi connectivity index (χ3n) is 3.89. The molecule has 0 bridgehead atoms. The molecule has 27 heavy (non-hydrogen) atoms. The average Bonchev–Trinajstić information content (AvgIpc) is 3.42. The Balaban J connectivity index is 1.43. The first-order chi connectivity index (χ1) is 13.2. The lowest BCUT2D eigenvalue weighted by atomic mass is 10.2. The number of thioether (sulfide) groups is 1. The molecule has 0 spiro atoms. The number of nitrogens with zero attached hydrogens (tertiary/aromatic N) is 4. The number of furan rings is 1. The summed E-state index contributed by atoms with van der Waals surface area (Å²) in [6.07, 6.45) is 1.63. The molecular weight excluding hydrogens is 380 g/mol. The number of aromatic nitrogens is 4. The first-order valence-corrected chi connectivity index (χ1v) is 10.3. The predicted octanol–water partition coefficient (Wildman–Crippen LogP) is 4.89. The smallest absolute Gasteiger partial charge is 0.200 e. The zero-order chi connectivity index (χ0) is 18.6. The van der Waals surface area contributed by atoms with Crippen LogP contribution in [0.15, 0.2) is 57.6 Å². The van der Waals surface area contributed by atoms with Gasteiger partial charge in [0.1, 0.15) is 10.8 Å². The van der Waals surface area contributed by atoms with Gasteiger partial charge in [0.15, 0.2) is 16.7 Å². The maximum absolute atomic E-state index is 5.49. The van der Waals surface area contributed by atoms with Gasteiger partial charge in [0.2, 0.25) is 0 Å². The molecule has 0 radical (unpaired) electrons. The van der Waals surface area contributed by atoms with E-state index in [-0.39, 0.29) is 0 Å². The fourth-order valence-corrected chi connectivity index (χ4v) is 4.30. The van der Waals surface area contributed by atoms with Crippen molar-refractivity contribution >= 4 is 23.1 Å². The highest BCUT2D eigenvalue weighted by Gasteiger charge is 2.14. The predicted molar refractivity (Wildman–Crippen MR) is 107 cm³/mol. The van der Waals surface area contributed by atoms with Crippen molar-refractivity contribution in [1.29, 1.82) is 0 Å². The average molecular weight is 399 g/mol. The molecule has 0 aliphatic heterocycles. The third kappa shape index (κ3) is 3.91. The summed E-state index contributed by atoms with van der Waals surface area (Å²) in [5.74, 6) is 3.04. The molecule has 0 aliphatic rings. The van der Waals surface area contributed by atoms with Gasteiger partial charge in [-0.05, 0) is 43.3 Å². The maximum atomic E-state index is 5.49. The van der Waals surface area contributed by atoms with Gasteiger partial charge < -0.3 is 13.7 Å². The van der Waals surface area contributed by atoms with Gasteiger partial charge in [-0.1, -0.05) is 11.8 Å². The topological polar surface area (TPSA) is 66.0 Å². The maximum Gasteiger partial charge on any atom is 0.200 e. The van der Waals surface area contributed by atoms with Crippen LogP contribution in [0.2, 0.25) is 0 Å². The summed E-state index contributed by atoms with van der Waals surface area (Å²) in [5.41, 5.74) is 2.12. The van der Waals surface area contributed by atoms with Crippen molar-refractivity contribution in [2.45, 2.75) is 17.8 Å². The summed E-state index contributed by atoms with van der Waals surface area (Å²) >= 11 is 3.25. The normalized spacial score (nSPS) is 11.0. The number of hydrogen-bond donors (Lipinski definition) is 0. The van der Waals surface area contributed by atoms with Gasteiger partial charge in [0, 0.05) is 23.7 Å². The van der Waals surface area contributed by atoms with E-state index < -0.39 is 0 Å². The SMILES string of the molecule is CCOc1ccc(-c2nc(CSc3nnc(-c4ccco4)n3C)cs2)cc1. The second-order valence-electron chi connectivity index (χ2n) is 5.73. The Kier molecular flexibility index (Phi) is 5.26. The highest BCUT2D eigenvalue weighted by Crippen LogP contribution is 2.29. The van der Waals surface area contributed by atoms with Gasteiger partial charge in [-0.2, -0.15) is 0 Å². The van der Waals surface area contributed by atoms with Crippen molar-refractivity contribution in [1.82, 2.24) is 19.7 Å². The first kappa shape index (κ1) is 17.8. The number of ether oxygens (including phenoxy) is 1. The number of rotatable bonds is 7. The Labute approximate surface area is 165 Å². The van der Waals surface area contributed by atoms with Crippen LogP contribution in [-0.4, -0.2) is 26.4 Å². The number of benzene rings is 1. The molecule has 0 unspecified atom stereocenters. The van der Waals surface area contributed by atoms with Gasteiger partial charge in [-0.25, -0.2) is 4.98 Å². The van der Waals surface area contributed by atoms with E-state index in [2.05, 4.69) is 15.6 Å². The molecule has 4 rings (SSSR count). The molecular formula is C19H18N4O2S2. The Hall–Kier alpha value is -2.58. The van der Waals surface area contributed by atoms with Crippen molar-refractivity contribution in [3.63, 3.8) is 0 Å². The van der Waals surface area contributed by atoms with Crippen LogP contribution in [0.1, 0.15) is 12.6 Å². The highest BCUT2D eigenvalue weighted by molar-refractivity contribution is 7.98. The van der Waals surface area contributed by atoms with E-state index in [0.29, 0.717) is 12.4 Å². The Morgan fingerprint density at radius 2 is 2.04 bits per heavy atom. The highest BCUT2D eigenvalue weighted by atomic mass is 32.2. The lowest BCUT2D eigenvalue weighted by Crippen LogP contribution is -1.94. The summed E-state index contributed by atoms with van der Waals surface area (Å²) < 4.78 is 12.8. The lowest BCUT2D eigenvalue weighted by Gasteiger charge is -2.03. The molecule has 3 heterocycles. The molecule has 138 valence electrons. The molecule has 3 aromatic heterocycles. The fraction of sp³-hybridized carbons (Fsp3) is 0.211. The minimum absolute atomic E-state index is 0.668. The minimum atomic E-state index is 0.668. The Bertz CT molecular complexity index is 1010. The number of hydrogen-bond acceptors (Lipinski definition) is 7. The monoisotopic (exact) mass is 398 g/mol. The van der Waals surface area contributed by atoms with Crippen molar-refractivity contribution < 1.29 is 9.15 Å². The summed E-state index contributed by atoms with van der Waals surface area (Å²) in [6.45, 7) is 2.65. The van der Waals surface area contributed by atoms with E-state index in [0.717, 1.165) is 38.7 Å². The van der Waals surface area contributed by atoms with Gasteiger partial charge in [0.05, 0.1) is 18.6 Å². The van der Waals surface area contributed by atoms with E-state index >= 15 is 0 Å². The molecule has 6 nitrogen and oxygen atoms in total. The van der Waals surface area contributed by atoms with E-state index in [9.17, 15) is 0 Å². The van der Waals surface area contributed by atoms with Crippen LogP contribution in [-0.2, 0) is 12.8 Å². The van der Waals surface area contributed by atoms with E-state index in [4.69, 9.17) is 14.1 Å². The molecule has 0 atom stereocenters. The summed E-state index contributed by atoms with van der Waals surface area (Å²) in [6, 6.07) is 11.8. The first-order valence-electron chi connectivity index (χ1n) is 8.48. The standard InChI is InChI=1S/C19H18N4O2S2/c1-3-24-15-8-6-13(7-9-15)18-20-14(11-26-18)12-27-19-22-21-17(23(19)2)16-5-4-10-25-16/h4-11H,3,12H2,1-2H3. The quantitative estimate of drug-likeness (QED) is 0.413. The van der Waals surface area contributed by atoms with E-state index in [1.807, 2.05) is 54.9 Å². The van der Waals surface area contributed by atoms with E-state index in [1.165, 1.54) is 0 Å². The van der Waals surface area contributed by atoms with Crippen LogP contribution >= 0.6 is 23.1 Å². The Morgan fingerprint density at radius 3 is 2.78 bits per heavy atom. The van der Waals surface area contributed by atoms with Crippen LogP contribution in [0.25, 0.3) is 22.2 Å². The van der Waals surface area contributed by atoms with Crippen LogP contribution in [0.5, 0.6) is 5.75 Å². The second kappa shape index (κ2) is 7.98. The second-order valence-corrected chi connectivity index (χ2v) is 7.53. The third-order valence-corrected chi connectivity index (χ3v) is 5.88. The van der Waals surface area contributed by atoms with Gasteiger partial charge in [-0.3, -0.25) is 0 Å². The zero-order valence-corrected chi connectivity index (χ0v) is 16.6. The summed E-state index contributed by atoms with van der Waals surface area (Å²) in [4.78, 5) is 4.74. The molecule has 1 aromatic carbocycles. The molecule has 4 aromatic rings. The van der Waals surface area contributed by atoms with Gasteiger partial charge in [0.25, 0.3) is 0 Å². The van der Waals surface area contributed by atoms with Gasteiger partial charge >= 0.3 is 0 Å². The van der Waals surface area contributed by atoms with Crippen LogP contribution in [0, 0.1) is 0 Å². The summed E-state index contributed by atoms with van der Waals surface area (Å²) in [7, 11) is 1.94. The van der Waals surface area contributed by atoms with Crippen molar-refractivity contribution in [2.75, 3.05) is 6.61 Å². The molecule has 0 fully saturated rings. The van der Waals surface area contributed by atoms with Gasteiger partial charge in [-0.15, -0.1) is 21.5 Å².